The molecule has 0 radical (unpaired) electrons. The highest BCUT2D eigenvalue weighted by Gasteiger charge is 2.14. The normalized spacial score (nSPS) is 10.6. The molecule has 0 amide bonds. The van der Waals surface area contributed by atoms with Crippen molar-refractivity contribution in [1.82, 2.24) is 14.5 Å². The first-order valence-corrected chi connectivity index (χ1v) is 8.80. The van der Waals surface area contributed by atoms with Gasteiger partial charge in [0.15, 0.2) is 0 Å². The lowest BCUT2D eigenvalue weighted by Gasteiger charge is -2.23. The highest BCUT2D eigenvalue weighted by molar-refractivity contribution is 5.68. The van der Waals surface area contributed by atoms with E-state index in [0.29, 0.717) is 0 Å². The van der Waals surface area contributed by atoms with Crippen LogP contribution in [0.4, 0.5) is 11.5 Å². The van der Waals surface area contributed by atoms with Crippen LogP contribution in [0.15, 0.2) is 104 Å². The number of allylic oxidation sites excluding steroid dienone is 1. The standard InChI is InChI=1S/C23H20N4/c1-18(2)27(20-14-16-26(17-20)22-12-6-7-15-24-22)23-13-8-11-21(25-23)19-9-4-3-5-10-19/h3-17H,1H2,2H3. The number of anilines is 2. The summed E-state index contributed by atoms with van der Waals surface area (Å²) in [7, 11) is 0. The molecule has 4 rings (SSSR count). The van der Waals surface area contributed by atoms with Crippen LogP contribution in [0.25, 0.3) is 17.1 Å². The van der Waals surface area contributed by atoms with E-state index in [9.17, 15) is 0 Å². The highest BCUT2D eigenvalue weighted by atomic mass is 15.2. The fourth-order valence-corrected chi connectivity index (χ4v) is 3.03. The maximum atomic E-state index is 4.86. The molecule has 0 saturated carbocycles. The Morgan fingerprint density at radius 3 is 2.48 bits per heavy atom. The molecule has 1 aromatic carbocycles. The molecule has 0 aliphatic heterocycles. The Balaban J connectivity index is 1.72. The summed E-state index contributed by atoms with van der Waals surface area (Å²) in [6.07, 6.45) is 5.82. The van der Waals surface area contributed by atoms with E-state index in [4.69, 9.17) is 4.98 Å². The van der Waals surface area contributed by atoms with Gasteiger partial charge in [-0.25, -0.2) is 9.97 Å². The summed E-state index contributed by atoms with van der Waals surface area (Å²) in [5, 5.41) is 0. The number of aromatic nitrogens is 3. The molecule has 0 fully saturated rings. The summed E-state index contributed by atoms with van der Waals surface area (Å²) in [6, 6.07) is 24.1. The lowest BCUT2D eigenvalue weighted by molar-refractivity contribution is 1.00. The number of benzene rings is 1. The summed E-state index contributed by atoms with van der Waals surface area (Å²) in [5.41, 5.74) is 3.91. The molecule has 0 N–H and O–H groups in total. The Morgan fingerprint density at radius 1 is 0.926 bits per heavy atom. The van der Waals surface area contributed by atoms with Gasteiger partial charge in [0.1, 0.15) is 11.6 Å². The second-order valence-electron chi connectivity index (χ2n) is 6.28. The van der Waals surface area contributed by atoms with Crippen LogP contribution in [0.3, 0.4) is 0 Å². The first-order chi connectivity index (χ1) is 13.2. The molecule has 4 nitrogen and oxygen atoms in total. The number of hydrogen-bond acceptors (Lipinski definition) is 3. The number of nitrogens with zero attached hydrogens (tertiary/aromatic N) is 4. The second-order valence-corrected chi connectivity index (χ2v) is 6.28. The summed E-state index contributed by atoms with van der Waals surface area (Å²) in [6.45, 7) is 6.13. The van der Waals surface area contributed by atoms with Gasteiger partial charge in [-0.05, 0) is 37.3 Å². The Labute approximate surface area is 159 Å². The van der Waals surface area contributed by atoms with Gasteiger partial charge < -0.3 is 4.57 Å². The predicted octanol–water partition coefficient (Wildman–Crippen LogP) is 5.61. The van der Waals surface area contributed by atoms with E-state index in [2.05, 4.69) is 23.7 Å². The number of hydrogen-bond donors (Lipinski definition) is 0. The average Bonchev–Trinajstić information content (AvgIpc) is 3.19. The maximum Gasteiger partial charge on any atom is 0.138 e. The summed E-state index contributed by atoms with van der Waals surface area (Å²) in [4.78, 5) is 11.3. The topological polar surface area (TPSA) is 34.0 Å². The smallest absolute Gasteiger partial charge is 0.138 e. The molecule has 132 valence electrons. The van der Waals surface area contributed by atoms with Gasteiger partial charge in [0.25, 0.3) is 0 Å². The molecule has 3 heterocycles. The van der Waals surface area contributed by atoms with E-state index in [-0.39, 0.29) is 0 Å². The van der Waals surface area contributed by atoms with E-state index in [1.54, 1.807) is 6.20 Å². The Bertz CT molecular complexity index is 1050. The van der Waals surface area contributed by atoms with Crippen molar-refractivity contribution in [2.24, 2.45) is 0 Å². The van der Waals surface area contributed by atoms with Crippen molar-refractivity contribution in [2.75, 3.05) is 4.90 Å². The van der Waals surface area contributed by atoms with Gasteiger partial charge in [-0.2, -0.15) is 0 Å². The minimum absolute atomic E-state index is 0.836. The minimum atomic E-state index is 0.836. The molecule has 27 heavy (non-hydrogen) atoms. The van der Waals surface area contributed by atoms with E-state index >= 15 is 0 Å². The van der Waals surface area contributed by atoms with Crippen LogP contribution in [0.1, 0.15) is 6.92 Å². The van der Waals surface area contributed by atoms with Crippen molar-refractivity contribution in [1.29, 1.82) is 0 Å². The molecular formula is C23H20N4. The predicted molar refractivity (Wildman–Crippen MR) is 110 cm³/mol. The van der Waals surface area contributed by atoms with Crippen LogP contribution in [-0.2, 0) is 0 Å². The number of rotatable bonds is 5. The molecule has 0 spiro atoms. The van der Waals surface area contributed by atoms with Gasteiger partial charge in [-0.15, -0.1) is 0 Å². The van der Waals surface area contributed by atoms with Crippen LogP contribution in [0.2, 0.25) is 0 Å². The van der Waals surface area contributed by atoms with Crippen molar-refractivity contribution < 1.29 is 0 Å². The Morgan fingerprint density at radius 2 is 1.74 bits per heavy atom. The second kappa shape index (κ2) is 7.30. The van der Waals surface area contributed by atoms with Crippen LogP contribution in [0.5, 0.6) is 0 Å². The van der Waals surface area contributed by atoms with Gasteiger partial charge in [-0.3, -0.25) is 4.90 Å². The zero-order valence-corrected chi connectivity index (χ0v) is 15.2. The van der Waals surface area contributed by atoms with E-state index in [1.165, 1.54) is 0 Å². The summed E-state index contributed by atoms with van der Waals surface area (Å²) in [5.74, 6) is 1.71. The van der Waals surface area contributed by atoms with E-state index < -0.39 is 0 Å². The molecule has 0 aliphatic carbocycles. The zero-order chi connectivity index (χ0) is 18.6. The monoisotopic (exact) mass is 352 g/mol. The van der Waals surface area contributed by atoms with E-state index in [1.807, 2.05) is 89.4 Å². The van der Waals surface area contributed by atoms with Crippen molar-refractivity contribution in [3.8, 4) is 17.1 Å². The molecule has 0 aliphatic rings. The number of pyridine rings is 2. The third kappa shape index (κ3) is 3.51. The summed E-state index contributed by atoms with van der Waals surface area (Å²) >= 11 is 0. The summed E-state index contributed by atoms with van der Waals surface area (Å²) < 4.78 is 1.99. The third-order valence-corrected chi connectivity index (χ3v) is 4.26. The van der Waals surface area contributed by atoms with Crippen molar-refractivity contribution in [3.05, 3.63) is 104 Å². The minimum Gasteiger partial charge on any atom is -0.306 e. The first-order valence-electron chi connectivity index (χ1n) is 8.80. The van der Waals surface area contributed by atoms with Gasteiger partial charge >= 0.3 is 0 Å². The third-order valence-electron chi connectivity index (χ3n) is 4.26. The zero-order valence-electron chi connectivity index (χ0n) is 15.2. The van der Waals surface area contributed by atoms with Crippen molar-refractivity contribution >= 4 is 11.5 Å². The lowest BCUT2D eigenvalue weighted by Crippen LogP contribution is -2.14. The molecule has 4 heteroatoms. The SMILES string of the molecule is C=C(C)N(c1ccn(-c2ccccn2)c1)c1cccc(-c2ccccc2)n1. The Kier molecular flexibility index (Phi) is 4.54. The maximum absolute atomic E-state index is 4.86. The highest BCUT2D eigenvalue weighted by Crippen LogP contribution is 2.30. The van der Waals surface area contributed by atoms with Gasteiger partial charge in [-0.1, -0.05) is 49.0 Å². The average molecular weight is 352 g/mol. The van der Waals surface area contributed by atoms with Gasteiger partial charge in [0.2, 0.25) is 0 Å². The first kappa shape index (κ1) is 16.8. The quantitative estimate of drug-likeness (QED) is 0.468. The van der Waals surface area contributed by atoms with Crippen molar-refractivity contribution in [2.45, 2.75) is 6.92 Å². The molecule has 0 unspecified atom stereocenters. The fraction of sp³-hybridized carbons (Fsp3) is 0.0435. The molecule has 3 aromatic heterocycles. The van der Waals surface area contributed by atoms with Crippen LogP contribution < -0.4 is 4.90 Å². The van der Waals surface area contributed by atoms with Crippen LogP contribution in [0, 0.1) is 0 Å². The largest absolute Gasteiger partial charge is 0.306 e. The van der Waals surface area contributed by atoms with Crippen molar-refractivity contribution in [3.63, 3.8) is 0 Å². The molecule has 0 saturated heterocycles. The van der Waals surface area contributed by atoms with Crippen LogP contribution >= 0.6 is 0 Å². The van der Waals surface area contributed by atoms with Gasteiger partial charge in [0.05, 0.1) is 11.4 Å². The van der Waals surface area contributed by atoms with Gasteiger partial charge in [0, 0.05) is 29.9 Å². The molecule has 0 bridgehead atoms. The molecule has 4 aromatic rings. The molecular weight excluding hydrogens is 332 g/mol. The molecule has 0 atom stereocenters. The van der Waals surface area contributed by atoms with Crippen LogP contribution in [-0.4, -0.2) is 14.5 Å². The Hall–Kier alpha value is -3.66. The van der Waals surface area contributed by atoms with E-state index in [0.717, 1.165) is 34.3 Å². The lowest BCUT2D eigenvalue weighted by atomic mass is 10.1. The fourth-order valence-electron chi connectivity index (χ4n) is 3.03.